The van der Waals surface area contributed by atoms with Crippen LogP contribution in [0, 0.1) is 0 Å². The van der Waals surface area contributed by atoms with Crippen molar-refractivity contribution in [1.82, 2.24) is 0 Å². The third kappa shape index (κ3) is 3.84. The molecule has 0 atom stereocenters. The molecule has 20 heavy (non-hydrogen) atoms. The number of carbonyl (C=O) groups is 1. The Labute approximate surface area is 121 Å². The van der Waals surface area contributed by atoms with E-state index in [-0.39, 0.29) is 11.3 Å². The van der Waals surface area contributed by atoms with Gasteiger partial charge in [-0.05, 0) is 36.4 Å². The molecule has 2 aromatic carbocycles. The number of benzene rings is 2. The predicted octanol–water partition coefficient (Wildman–Crippen LogP) is 4.58. The van der Waals surface area contributed by atoms with Crippen molar-refractivity contribution < 1.29 is 22.7 Å². The van der Waals surface area contributed by atoms with Crippen molar-refractivity contribution >= 4 is 21.7 Å². The largest absolute Gasteiger partial charge is 0.573 e. The van der Waals surface area contributed by atoms with Gasteiger partial charge in [0, 0.05) is 15.6 Å². The third-order valence-electron chi connectivity index (χ3n) is 2.44. The number of carbonyl (C=O) groups excluding carboxylic acids is 1. The van der Waals surface area contributed by atoms with E-state index in [1.807, 2.05) is 0 Å². The molecule has 0 amide bonds. The van der Waals surface area contributed by atoms with E-state index in [0.717, 1.165) is 16.6 Å². The summed E-state index contributed by atoms with van der Waals surface area (Å²) >= 11 is 3.24. The molecule has 0 aliphatic heterocycles. The van der Waals surface area contributed by atoms with Crippen molar-refractivity contribution in [2.45, 2.75) is 6.36 Å². The maximum Gasteiger partial charge on any atom is 0.573 e. The highest BCUT2D eigenvalue weighted by atomic mass is 79.9. The Balaban J connectivity index is 2.26. The van der Waals surface area contributed by atoms with E-state index in [1.165, 1.54) is 12.1 Å². The number of hydrogen-bond donors (Lipinski definition) is 0. The van der Waals surface area contributed by atoms with Crippen LogP contribution in [0.25, 0.3) is 0 Å². The molecule has 0 spiro atoms. The van der Waals surface area contributed by atoms with E-state index in [1.54, 1.807) is 24.3 Å². The van der Waals surface area contributed by atoms with Crippen molar-refractivity contribution in [3.8, 4) is 5.75 Å². The standard InChI is InChI=1S/C14H8BrF3O2/c15-11-6-4-9(5-7-11)13(19)10-2-1-3-12(8-10)20-14(16,17)18/h1-8H. The van der Waals surface area contributed by atoms with Gasteiger partial charge in [-0.2, -0.15) is 0 Å². The van der Waals surface area contributed by atoms with Crippen LogP contribution in [0.15, 0.2) is 53.0 Å². The number of ether oxygens (including phenoxy) is 1. The molecular weight excluding hydrogens is 337 g/mol. The number of alkyl halides is 3. The van der Waals surface area contributed by atoms with E-state index in [2.05, 4.69) is 20.7 Å². The minimum absolute atomic E-state index is 0.133. The van der Waals surface area contributed by atoms with Crippen molar-refractivity contribution in [3.05, 3.63) is 64.1 Å². The molecule has 0 radical (unpaired) electrons. The highest BCUT2D eigenvalue weighted by molar-refractivity contribution is 9.10. The summed E-state index contributed by atoms with van der Waals surface area (Å²) in [5.41, 5.74) is 0.520. The van der Waals surface area contributed by atoms with E-state index < -0.39 is 12.1 Å². The summed E-state index contributed by atoms with van der Waals surface area (Å²) in [6.45, 7) is 0. The van der Waals surface area contributed by atoms with Gasteiger partial charge in [0.15, 0.2) is 5.78 Å². The lowest BCUT2D eigenvalue weighted by atomic mass is 10.0. The second-order valence-electron chi connectivity index (χ2n) is 3.91. The second kappa shape index (κ2) is 5.66. The van der Waals surface area contributed by atoms with Crippen molar-refractivity contribution in [2.24, 2.45) is 0 Å². The molecule has 0 saturated heterocycles. The van der Waals surface area contributed by atoms with Gasteiger partial charge in [0.25, 0.3) is 0 Å². The average molecular weight is 345 g/mol. The lowest BCUT2D eigenvalue weighted by Gasteiger charge is -2.09. The monoisotopic (exact) mass is 344 g/mol. The van der Waals surface area contributed by atoms with Gasteiger partial charge in [0.1, 0.15) is 5.75 Å². The van der Waals surface area contributed by atoms with Gasteiger partial charge in [-0.25, -0.2) is 0 Å². The smallest absolute Gasteiger partial charge is 0.406 e. The number of hydrogen-bond acceptors (Lipinski definition) is 2. The van der Waals surface area contributed by atoms with Crippen LogP contribution in [0.4, 0.5) is 13.2 Å². The summed E-state index contributed by atoms with van der Waals surface area (Å²) in [4.78, 5) is 12.1. The van der Waals surface area contributed by atoms with Gasteiger partial charge in [-0.15, -0.1) is 13.2 Å². The third-order valence-corrected chi connectivity index (χ3v) is 2.96. The van der Waals surface area contributed by atoms with Crippen LogP contribution >= 0.6 is 15.9 Å². The first kappa shape index (κ1) is 14.6. The zero-order valence-corrected chi connectivity index (χ0v) is 11.5. The minimum atomic E-state index is -4.78. The fourth-order valence-electron chi connectivity index (χ4n) is 1.60. The van der Waals surface area contributed by atoms with Crippen LogP contribution in [-0.2, 0) is 0 Å². The molecule has 0 aromatic heterocycles. The molecule has 0 fully saturated rings. The van der Waals surface area contributed by atoms with Gasteiger partial charge >= 0.3 is 6.36 Å². The molecule has 0 heterocycles. The van der Waals surface area contributed by atoms with Crippen LogP contribution in [0.5, 0.6) is 5.75 Å². The SMILES string of the molecule is O=C(c1ccc(Br)cc1)c1cccc(OC(F)(F)F)c1. The lowest BCUT2D eigenvalue weighted by molar-refractivity contribution is -0.274. The maximum atomic E-state index is 12.1. The van der Waals surface area contributed by atoms with Crippen molar-refractivity contribution in [1.29, 1.82) is 0 Å². The summed E-state index contributed by atoms with van der Waals surface area (Å²) in [5.74, 6) is -0.786. The molecule has 0 saturated carbocycles. The molecular formula is C14H8BrF3O2. The van der Waals surface area contributed by atoms with Crippen LogP contribution in [0.2, 0.25) is 0 Å². The quantitative estimate of drug-likeness (QED) is 0.762. The Kier molecular flexibility index (Phi) is 4.13. The van der Waals surface area contributed by atoms with E-state index in [0.29, 0.717) is 5.56 Å². The molecule has 0 N–H and O–H groups in total. The Morgan fingerprint density at radius 3 is 2.25 bits per heavy atom. The second-order valence-corrected chi connectivity index (χ2v) is 4.83. The van der Waals surface area contributed by atoms with Crippen LogP contribution in [-0.4, -0.2) is 12.1 Å². The van der Waals surface area contributed by atoms with E-state index in [9.17, 15) is 18.0 Å². The Morgan fingerprint density at radius 1 is 1.00 bits per heavy atom. The number of rotatable bonds is 3. The molecule has 0 aliphatic rings. The highest BCUT2D eigenvalue weighted by Gasteiger charge is 2.31. The summed E-state index contributed by atoms with van der Waals surface area (Å²) in [5, 5.41) is 0. The fraction of sp³-hybridized carbons (Fsp3) is 0.0714. The van der Waals surface area contributed by atoms with Crippen LogP contribution in [0.3, 0.4) is 0 Å². The molecule has 0 unspecified atom stereocenters. The minimum Gasteiger partial charge on any atom is -0.406 e. The van der Waals surface area contributed by atoms with Gasteiger partial charge in [0.05, 0.1) is 0 Å². The van der Waals surface area contributed by atoms with E-state index >= 15 is 0 Å². The Morgan fingerprint density at radius 2 is 1.65 bits per heavy atom. The van der Waals surface area contributed by atoms with Crippen molar-refractivity contribution in [3.63, 3.8) is 0 Å². The maximum absolute atomic E-state index is 12.1. The van der Waals surface area contributed by atoms with Gasteiger partial charge in [-0.3, -0.25) is 4.79 Å². The van der Waals surface area contributed by atoms with E-state index in [4.69, 9.17) is 0 Å². The average Bonchev–Trinajstić information content (AvgIpc) is 2.37. The predicted molar refractivity (Wildman–Crippen MR) is 70.7 cm³/mol. The number of halogens is 4. The van der Waals surface area contributed by atoms with Crippen molar-refractivity contribution in [2.75, 3.05) is 0 Å². The Hall–Kier alpha value is -1.82. The Bertz CT molecular complexity index is 621. The molecule has 104 valence electrons. The topological polar surface area (TPSA) is 26.3 Å². The van der Waals surface area contributed by atoms with Gasteiger partial charge in [0.2, 0.25) is 0 Å². The van der Waals surface area contributed by atoms with Crippen LogP contribution in [0.1, 0.15) is 15.9 Å². The zero-order valence-electron chi connectivity index (χ0n) is 9.95. The first-order valence-corrected chi connectivity index (χ1v) is 6.30. The number of ketones is 1. The normalized spacial score (nSPS) is 11.2. The summed E-state index contributed by atoms with van der Waals surface area (Å²) in [6.07, 6.45) is -4.78. The fourth-order valence-corrected chi connectivity index (χ4v) is 1.87. The molecule has 0 aliphatic carbocycles. The summed E-state index contributed by atoms with van der Waals surface area (Å²) in [7, 11) is 0. The molecule has 2 rings (SSSR count). The first-order chi connectivity index (χ1) is 9.35. The highest BCUT2D eigenvalue weighted by Crippen LogP contribution is 2.24. The first-order valence-electron chi connectivity index (χ1n) is 5.51. The molecule has 2 aromatic rings. The molecule has 6 heteroatoms. The van der Waals surface area contributed by atoms with Gasteiger partial charge < -0.3 is 4.74 Å². The zero-order chi connectivity index (χ0) is 14.8. The van der Waals surface area contributed by atoms with Gasteiger partial charge in [-0.1, -0.05) is 28.1 Å². The molecule has 0 bridgehead atoms. The lowest BCUT2D eigenvalue weighted by Crippen LogP contribution is -2.17. The van der Waals surface area contributed by atoms with Crippen LogP contribution < -0.4 is 4.74 Å². The summed E-state index contributed by atoms with van der Waals surface area (Å²) in [6, 6.07) is 11.5. The molecule has 2 nitrogen and oxygen atoms in total. The summed E-state index contributed by atoms with van der Waals surface area (Å²) < 4.78 is 41.0.